The molecule has 0 aromatic heterocycles. The lowest BCUT2D eigenvalue weighted by molar-refractivity contribution is 0.304. The van der Waals surface area contributed by atoms with Crippen molar-refractivity contribution in [1.29, 1.82) is 0 Å². The summed E-state index contributed by atoms with van der Waals surface area (Å²) in [4.78, 5) is 6.23. The zero-order valence-electron chi connectivity index (χ0n) is 10.3. The van der Waals surface area contributed by atoms with E-state index in [1.165, 1.54) is 0 Å². The zero-order valence-corrected chi connectivity index (χ0v) is 13.5. The molecular formula is C10H21IN4O2S. The van der Waals surface area contributed by atoms with Crippen LogP contribution in [0.15, 0.2) is 17.6 Å². The van der Waals surface area contributed by atoms with Crippen molar-refractivity contribution in [2.45, 2.75) is 0 Å². The number of nitrogens with zero attached hydrogens (tertiary/aromatic N) is 2. The van der Waals surface area contributed by atoms with Crippen LogP contribution in [0.25, 0.3) is 0 Å². The maximum Gasteiger partial charge on any atom is 0.188 e. The van der Waals surface area contributed by atoms with Gasteiger partial charge in [-0.2, -0.15) is 0 Å². The molecule has 0 unspecified atom stereocenters. The number of aliphatic imine (C=N–C) groups is 1. The summed E-state index contributed by atoms with van der Waals surface area (Å²) in [6, 6.07) is 0. The number of hydrogen-bond donors (Lipinski definition) is 2. The number of nitrogens with one attached hydrogen (secondary N) is 1. The highest BCUT2D eigenvalue weighted by atomic mass is 127. The van der Waals surface area contributed by atoms with Crippen molar-refractivity contribution < 1.29 is 8.42 Å². The third-order valence-corrected chi connectivity index (χ3v) is 4.17. The van der Waals surface area contributed by atoms with Gasteiger partial charge in [-0.25, -0.2) is 8.42 Å². The highest BCUT2D eigenvalue weighted by molar-refractivity contribution is 14.0. The molecule has 1 fully saturated rings. The second-order valence-electron chi connectivity index (χ2n) is 3.93. The molecule has 0 aromatic carbocycles. The average molecular weight is 388 g/mol. The zero-order chi connectivity index (χ0) is 12.7. The minimum atomic E-state index is -2.79. The summed E-state index contributed by atoms with van der Waals surface area (Å²) in [5.74, 6) is 0.900. The van der Waals surface area contributed by atoms with Gasteiger partial charge in [-0.1, -0.05) is 6.08 Å². The number of hydrogen-bond acceptors (Lipinski definition) is 4. The van der Waals surface area contributed by atoms with E-state index in [1.54, 1.807) is 6.08 Å². The second-order valence-corrected chi connectivity index (χ2v) is 6.23. The lowest BCUT2D eigenvalue weighted by Gasteiger charge is -2.25. The van der Waals surface area contributed by atoms with E-state index in [2.05, 4.69) is 21.8 Å². The van der Waals surface area contributed by atoms with E-state index < -0.39 is 9.84 Å². The van der Waals surface area contributed by atoms with Gasteiger partial charge in [-0.3, -0.25) is 9.89 Å². The fraction of sp³-hybridized carbons (Fsp3) is 0.700. The van der Waals surface area contributed by atoms with Crippen molar-refractivity contribution in [2.75, 3.05) is 44.2 Å². The van der Waals surface area contributed by atoms with Gasteiger partial charge in [-0.15, -0.1) is 30.6 Å². The molecule has 8 heteroatoms. The normalized spacial score (nSPS) is 19.9. The monoisotopic (exact) mass is 388 g/mol. The molecule has 0 spiro atoms. The van der Waals surface area contributed by atoms with Gasteiger partial charge in [0, 0.05) is 26.2 Å². The summed E-state index contributed by atoms with van der Waals surface area (Å²) in [7, 11) is -2.79. The molecule has 0 saturated carbocycles. The third kappa shape index (κ3) is 7.17. The topological polar surface area (TPSA) is 87.8 Å². The van der Waals surface area contributed by atoms with Crippen LogP contribution in [-0.4, -0.2) is 63.5 Å². The minimum Gasteiger partial charge on any atom is -0.370 e. The molecule has 0 atom stereocenters. The van der Waals surface area contributed by atoms with E-state index >= 15 is 0 Å². The van der Waals surface area contributed by atoms with Gasteiger partial charge in [-0.05, 0) is 0 Å². The third-order valence-electron chi connectivity index (χ3n) is 2.56. The van der Waals surface area contributed by atoms with Gasteiger partial charge in [0.25, 0.3) is 0 Å². The maximum absolute atomic E-state index is 11.2. The van der Waals surface area contributed by atoms with E-state index in [0.29, 0.717) is 32.1 Å². The van der Waals surface area contributed by atoms with Crippen molar-refractivity contribution in [2.24, 2.45) is 10.7 Å². The van der Waals surface area contributed by atoms with Gasteiger partial charge in [0.15, 0.2) is 15.8 Å². The second kappa shape index (κ2) is 8.70. The summed E-state index contributed by atoms with van der Waals surface area (Å²) in [6.07, 6.45) is 1.71. The first-order chi connectivity index (χ1) is 8.03. The number of guanidine groups is 1. The SMILES string of the molecule is C=CCNC(N)=NCCN1CCS(=O)(=O)CC1.I. The van der Waals surface area contributed by atoms with Crippen LogP contribution in [0.3, 0.4) is 0 Å². The Morgan fingerprint density at radius 3 is 2.61 bits per heavy atom. The molecule has 0 bridgehead atoms. The Kier molecular flexibility index (Phi) is 8.53. The Balaban J connectivity index is 0.00000289. The summed E-state index contributed by atoms with van der Waals surface area (Å²) < 4.78 is 22.4. The highest BCUT2D eigenvalue weighted by Crippen LogP contribution is 2.02. The molecule has 0 aliphatic carbocycles. The molecule has 6 nitrogen and oxygen atoms in total. The fourth-order valence-corrected chi connectivity index (χ4v) is 2.80. The van der Waals surface area contributed by atoms with Crippen LogP contribution in [0.4, 0.5) is 0 Å². The van der Waals surface area contributed by atoms with Crippen molar-refractivity contribution >= 4 is 39.8 Å². The van der Waals surface area contributed by atoms with Crippen molar-refractivity contribution in [3.05, 3.63) is 12.7 Å². The lowest BCUT2D eigenvalue weighted by atomic mass is 10.4. The van der Waals surface area contributed by atoms with Crippen molar-refractivity contribution in [3.63, 3.8) is 0 Å². The summed E-state index contributed by atoms with van der Waals surface area (Å²) in [5.41, 5.74) is 5.60. The Bertz CT molecular complexity index is 369. The largest absolute Gasteiger partial charge is 0.370 e. The van der Waals surface area contributed by atoms with Crippen LogP contribution >= 0.6 is 24.0 Å². The Labute approximate surface area is 126 Å². The van der Waals surface area contributed by atoms with E-state index in [9.17, 15) is 8.42 Å². The van der Waals surface area contributed by atoms with Gasteiger partial charge < -0.3 is 11.1 Å². The summed E-state index contributed by atoms with van der Waals surface area (Å²) in [6.45, 7) is 6.67. The average Bonchev–Trinajstić information content (AvgIpc) is 2.29. The number of halogens is 1. The quantitative estimate of drug-likeness (QED) is 0.285. The Hall–Kier alpha value is -0.350. The predicted molar refractivity (Wildman–Crippen MR) is 85.2 cm³/mol. The van der Waals surface area contributed by atoms with Gasteiger partial charge in [0.05, 0.1) is 18.1 Å². The Morgan fingerprint density at radius 2 is 2.06 bits per heavy atom. The molecule has 106 valence electrons. The first-order valence-corrected chi connectivity index (χ1v) is 7.43. The van der Waals surface area contributed by atoms with Crippen LogP contribution in [0.5, 0.6) is 0 Å². The number of rotatable bonds is 5. The molecule has 0 amide bonds. The van der Waals surface area contributed by atoms with Crippen LogP contribution in [0.2, 0.25) is 0 Å². The smallest absolute Gasteiger partial charge is 0.188 e. The van der Waals surface area contributed by atoms with E-state index in [4.69, 9.17) is 5.73 Å². The van der Waals surface area contributed by atoms with Crippen LogP contribution in [0, 0.1) is 0 Å². The maximum atomic E-state index is 11.2. The standard InChI is InChI=1S/C10H20N4O2S.HI/c1-2-3-12-10(11)13-4-5-14-6-8-17(15,16)9-7-14;/h2H,1,3-9H2,(H3,11,12,13);1H. The molecule has 1 aliphatic rings. The molecular weight excluding hydrogens is 367 g/mol. The van der Waals surface area contributed by atoms with Crippen LogP contribution in [0.1, 0.15) is 0 Å². The van der Waals surface area contributed by atoms with E-state index in [0.717, 1.165) is 6.54 Å². The van der Waals surface area contributed by atoms with E-state index in [1.807, 2.05) is 0 Å². The van der Waals surface area contributed by atoms with Gasteiger partial charge in [0.2, 0.25) is 0 Å². The van der Waals surface area contributed by atoms with Crippen molar-refractivity contribution in [1.82, 2.24) is 10.2 Å². The lowest BCUT2D eigenvalue weighted by Crippen LogP contribution is -2.41. The van der Waals surface area contributed by atoms with Crippen molar-refractivity contribution in [3.8, 4) is 0 Å². The molecule has 3 N–H and O–H groups in total. The number of sulfone groups is 1. The molecule has 0 radical (unpaired) electrons. The molecule has 1 heterocycles. The first-order valence-electron chi connectivity index (χ1n) is 5.61. The molecule has 1 rings (SSSR count). The fourth-order valence-electron chi connectivity index (χ4n) is 1.52. The summed E-state index contributed by atoms with van der Waals surface area (Å²) >= 11 is 0. The molecule has 1 saturated heterocycles. The van der Waals surface area contributed by atoms with E-state index in [-0.39, 0.29) is 35.5 Å². The van der Waals surface area contributed by atoms with Gasteiger partial charge >= 0.3 is 0 Å². The Morgan fingerprint density at radius 1 is 1.44 bits per heavy atom. The molecule has 18 heavy (non-hydrogen) atoms. The van der Waals surface area contributed by atoms with Gasteiger partial charge in [0.1, 0.15) is 0 Å². The predicted octanol–water partition coefficient (Wildman–Crippen LogP) is -0.575. The number of nitrogens with two attached hydrogens (primary N) is 1. The molecule has 1 aliphatic heterocycles. The minimum absolute atomic E-state index is 0. The first kappa shape index (κ1) is 17.6. The summed E-state index contributed by atoms with van der Waals surface area (Å²) in [5, 5.41) is 2.88. The van der Waals surface area contributed by atoms with Crippen LogP contribution in [-0.2, 0) is 9.84 Å². The molecule has 0 aromatic rings. The highest BCUT2D eigenvalue weighted by Gasteiger charge is 2.20. The van der Waals surface area contributed by atoms with Crippen LogP contribution < -0.4 is 11.1 Å².